The Kier molecular flexibility index (Phi) is 4.27. The molecule has 2 aromatic rings. The number of carbonyl (C=O) groups is 1. The average Bonchev–Trinajstić information content (AvgIpc) is 2.91. The van der Waals surface area contributed by atoms with Crippen molar-refractivity contribution in [3.63, 3.8) is 0 Å². The van der Waals surface area contributed by atoms with E-state index in [0.717, 1.165) is 15.7 Å². The fraction of sp³-hybridized carbons (Fsp3) is 0.462. The van der Waals surface area contributed by atoms with Gasteiger partial charge in [-0.15, -0.1) is 0 Å². The summed E-state index contributed by atoms with van der Waals surface area (Å²) in [5.41, 5.74) is 2.56. The maximum atomic E-state index is 12.5. The number of hydrogen-bond acceptors (Lipinski definition) is 3. The number of hydrogen-bond donors (Lipinski definition) is 0. The minimum Gasteiger partial charge on any atom is -0.336 e. The molecule has 2 heterocycles. The molecule has 20 heavy (non-hydrogen) atoms. The summed E-state index contributed by atoms with van der Waals surface area (Å²) in [6.07, 6.45) is 3.59. The summed E-state index contributed by atoms with van der Waals surface area (Å²) in [6, 6.07) is 0. The Bertz CT molecular complexity index is 631. The van der Waals surface area contributed by atoms with Gasteiger partial charge in [0.2, 0.25) is 0 Å². The predicted octanol–water partition coefficient (Wildman–Crippen LogP) is 1.98. The van der Waals surface area contributed by atoms with E-state index in [1.807, 2.05) is 27.1 Å². The van der Waals surface area contributed by atoms with Crippen LogP contribution < -0.4 is 0 Å². The number of nitrogens with zero attached hydrogens (tertiary/aromatic N) is 5. The third kappa shape index (κ3) is 2.77. The molecule has 0 atom stereocenters. The first-order valence-corrected chi connectivity index (χ1v) is 7.19. The molecular weight excluding hydrogens is 322 g/mol. The van der Waals surface area contributed by atoms with E-state index < -0.39 is 0 Å². The van der Waals surface area contributed by atoms with Crippen LogP contribution in [-0.2, 0) is 20.1 Å². The van der Waals surface area contributed by atoms with Crippen LogP contribution in [0.2, 0.25) is 0 Å². The number of carbonyl (C=O) groups excluding carboxylic acids is 1. The van der Waals surface area contributed by atoms with Gasteiger partial charge in [0.25, 0.3) is 5.91 Å². The third-order valence-electron chi connectivity index (χ3n) is 3.17. The number of aromatic nitrogens is 4. The zero-order valence-electron chi connectivity index (χ0n) is 12.1. The number of halogens is 1. The van der Waals surface area contributed by atoms with Gasteiger partial charge in [-0.25, -0.2) is 0 Å². The van der Waals surface area contributed by atoms with Crippen LogP contribution in [0, 0.1) is 6.92 Å². The highest BCUT2D eigenvalue weighted by molar-refractivity contribution is 9.10. The van der Waals surface area contributed by atoms with Gasteiger partial charge in [-0.2, -0.15) is 10.2 Å². The SMILES string of the molecule is CCn1ncc(Br)c1C(=O)N(C)Cc1cn(C)nc1C. The van der Waals surface area contributed by atoms with Crippen molar-refractivity contribution in [3.05, 3.63) is 33.8 Å². The molecule has 0 aromatic carbocycles. The Labute approximate surface area is 126 Å². The molecule has 2 aromatic heterocycles. The van der Waals surface area contributed by atoms with Crippen molar-refractivity contribution in [1.82, 2.24) is 24.5 Å². The molecular formula is C13H18BrN5O. The quantitative estimate of drug-likeness (QED) is 0.855. The van der Waals surface area contributed by atoms with Gasteiger partial charge in [0.05, 0.1) is 16.4 Å². The molecule has 0 unspecified atom stereocenters. The van der Waals surface area contributed by atoms with Gasteiger partial charge in [-0.1, -0.05) is 0 Å². The van der Waals surface area contributed by atoms with Gasteiger partial charge in [0.15, 0.2) is 0 Å². The summed E-state index contributed by atoms with van der Waals surface area (Å²) in [4.78, 5) is 14.2. The average molecular weight is 340 g/mol. The molecule has 0 fully saturated rings. The zero-order valence-corrected chi connectivity index (χ0v) is 13.7. The molecule has 0 aliphatic heterocycles. The van der Waals surface area contributed by atoms with Gasteiger partial charge >= 0.3 is 0 Å². The highest BCUT2D eigenvalue weighted by atomic mass is 79.9. The second-order valence-electron chi connectivity index (χ2n) is 4.73. The number of rotatable bonds is 4. The Morgan fingerprint density at radius 2 is 2.20 bits per heavy atom. The lowest BCUT2D eigenvalue weighted by molar-refractivity contribution is 0.0771. The molecule has 0 bridgehead atoms. The van der Waals surface area contributed by atoms with Crippen LogP contribution in [-0.4, -0.2) is 37.4 Å². The molecule has 0 radical (unpaired) electrons. The number of amides is 1. The highest BCUT2D eigenvalue weighted by Crippen LogP contribution is 2.19. The normalized spacial score (nSPS) is 10.8. The van der Waals surface area contributed by atoms with Crippen LogP contribution in [0.1, 0.15) is 28.7 Å². The van der Waals surface area contributed by atoms with E-state index in [0.29, 0.717) is 18.8 Å². The maximum absolute atomic E-state index is 12.5. The standard InChI is InChI=1S/C13H18BrN5O/c1-5-19-12(11(14)6-15-19)13(20)17(3)7-10-8-18(4)16-9(10)2/h6,8H,5,7H2,1-4H3. The fourth-order valence-corrected chi connectivity index (χ4v) is 2.59. The van der Waals surface area contributed by atoms with Crippen LogP contribution in [0.15, 0.2) is 16.9 Å². The van der Waals surface area contributed by atoms with Crippen LogP contribution in [0.3, 0.4) is 0 Å². The molecule has 0 N–H and O–H groups in total. The van der Waals surface area contributed by atoms with E-state index in [-0.39, 0.29) is 5.91 Å². The van der Waals surface area contributed by atoms with E-state index in [2.05, 4.69) is 26.1 Å². The molecule has 6 nitrogen and oxygen atoms in total. The molecule has 0 aliphatic rings. The van der Waals surface area contributed by atoms with Crippen molar-refractivity contribution in [2.75, 3.05) is 7.05 Å². The first-order chi connectivity index (χ1) is 9.43. The van der Waals surface area contributed by atoms with Crippen molar-refractivity contribution in [3.8, 4) is 0 Å². The zero-order chi connectivity index (χ0) is 14.9. The highest BCUT2D eigenvalue weighted by Gasteiger charge is 2.21. The van der Waals surface area contributed by atoms with Gasteiger partial charge in [0.1, 0.15) is 5.69 Å². The van der Waals surface area contributed by atoms with Gasteiger partial charge in [-0.05, 0) is 29.8 Å². The number of aryl methyl sites for hydroxylation is 3. The molecule has 0 saturated carbocycles. The van der Waals surface area contributed by atoms with E-state index in [1.54, 1.807) is 27.5 Å². The summed E-state index contributed by atoms with van der Waals surface area (Å²) in [5, 5.41) is 8.46. The minimum atomic E-state index is -0.0560. The van der Waals surface area contributed by atoms with E-state index in [1.165, 1.54) is 0 Å². The summed E-state index contributed by atoms with van der Waals surface area (Å²) < 4.78 is 4.17. The van der Waals surface area contributed by atoms with Crippen molar-refractivity contribution in [2.45, 2.75) is 26.9 Å². The van der Waals surface area contributed by atoms with Gasteiger partial charge in [-0.3, -0.25) is 14.2 Å². The summed E-state index contributed by atoms with van der Waals surface area (Å²) in [5.74, 6) is -0.0560. The second kappa shape index (κ2) is 5.78. The van der Waals surface area contributed by atoms with Crippen molar-refractivity contribution in [1.29, 1.82) is 0 Å². The largest absolute Gasteiger partial charge is 0.336 e. The molecule has 108 valence electrons. The smallest absolute Gasteiger partial charge is 0.273 e. The van der Waals surface area contributed by atoms with E-state index in [9.17, 15) is 4.79 Å². The van der Waals surface area contributed by atoms with E-state index in [4.69, 9.17) is 0 Å². The van der Waals surface area contributed by atoms with Crippen LogP contribution >= 0.6 is 15.9 Å². The summed E-state index contributed by atoms with van der Waals surface area (Å²) >= 11 is 3.38. The van der Waals surface area contributed by atoms with Crippen molar-refractivity contribution >= 4 is 21.8 Å². The molecule has 2 rings (SSSR count). The lowest BCUT2D eigenvalue weighted by Gasteiger charge is -2.17. The second-order valence-corrected chi connectivity index (χ2v) is 5.59. The van der Waals surface area contributed by atoms with Crippen molar-refractivity contribution < 1.29 is 4.79 Å². The molecule has 0 spiro atoms. The monoisotopic (exact) mass is 339 g/mol. The van der Waals surface area contributed by atoms with Crippen LogP contribution in [0.4, 0.5) is 0 Å². The lowest BCUT2D eigenvalue weighted by atomic mass is 10.2. The Morgan fingerprint density at radius 3 is 2.75 bits per heavy atom. The van der Waals surface area contributed by atoms with E-state index >= 15 is 0 Å². The predicted molar refractivity (Wildman–Crippen MR) is 79.3 cm³/mol. The first kappa shape index (κ1) is 14.8. The van der Waals surface area contributed by atoms with Crippen LogP contribution in [0.5, 0.6) is 0 Å². The fourth-order valence-electron chi connectivity index (χ4n) is 2.13. The Morgan fingerprint density at radius 1 is 1.50 bits per heavy atom. The van der Waals surface area contributed by atoms with Gasteiger partial charge in [0, 0.05) is 38.9 Å². The summed E-state index contributed by atoms with van der Waals surface area (Å²) in [7, 11) is 3.66. The summed E-state index contributed by atoms with van der Waals surface area (Å²) in [6.45, 7) is 5.09. The Hall–Kier alpha value is -1.63. The van der Waals surface area contributed by atoms with Crippen LogP contribution in [0.25, 0.3) is 0 Å². The van der Waals surface area contributed by atoms with Crippen molar-refractivity contribution in [2.24, 2.45) is 7.05 Å². The molecule has 0 saturated heterocycles. The molecule has 1 amide bonds. The molecule has 7 heteroatoms. The topological polar surface area (TPSA) is 56.0 Å². The molecule has 0 aliphatic carbocycles. The Balaban J connectivity index is 2.20. The first-order valence-electron chi connectivity index (χ1n) is 6.40. The third-order valence-corrected chi connectivity index (χ3v) is 3.75. The lowest BCUT2D eigenvalue weighted by Crippen LogP contribution is -2.29. The van der Waals surface area contributed by atoms with Gasteiger partial charge < -0.3 is 4.90 Å². The maximum Gasteiger partial charge on any atom is 0.273 e. The minimum absolute atomic E-state index is 0.0560.